The number of ether oxygens (including phenoxy) is 2. The number of benzene rings is 2. The zero-order valence-corrected chi connectivity index (χ0v) is 17.4. The summed E-state index contributed by atoms with van der Waals surface area (Å²) < 4.78 is 24.5. The van der Waals surface area contributed by atoms with Gasteiger partial charge in [-0.2, -0.15) is 5.26 Å². The van der Waals surface area contributed by atoms with Crippen molar-refractivity contribution in [3.8, 4) is 17.6 Å². The van der Waals surface area contributed by atoms with Gasteiger partial charge >= 0.3 is 0 Å². The van der Waals surface area contributed by atoms with Gasteiger partial charge in [-0.15, -0.1) is 0 Å². The topological polar surface area (TPSA) is 65.8 Å². The summed E-state index contributed by atoms with van der Waals surface area (Å²) in [4.78, 5) is 16.6. The van der Waals surface area contributed by atoms with Gasteiger partial charge in [0, 0.05) is 18.4 Å². The van der Waals surface area contributed by atoms with Gasteiger partial charge in [-0.05, 0) is 29.8 Å². The Morgan fingerprint density at radius 2 is 2.03 bits per heavy atom. The van der Waals surface area contributed by atoms with Crippen LogP contribution in [0.4, 0.5) is 10.1 Å². The van der Waals surface area contributed by atoms with Gasteiger partial charge in [0.25, 0.3) is 0 Å². The molecule has 0 saturated carbocycles. The Kier molecular flexibility index (Phi) is 5.55. The summed E-state index contributed by atoms with van der Waals surface area (Å²) in [5.74, 6) is 0.966. The summed E-state index contributed by atoms with van der Waals surface area (Å²) in [5.41, 5.74) is 1.99. The van der Waals surface area contributed by atoms with E-state index in [0.717, 1.165) is 5.69 Å². The highest BCUT2D eigenvalue weighted by molar-refractivity contribution is 8.03. The molecule has 2 aliphatic rings. The summed E-state index contributed by atoms with van der Waals surface area (Å²) in [6.07, 6.45) is 0.129. The Labute approximate surface area is 178 Å². The van der Waals surface area contributed by atoms with E-state index in [4.69, 9.17) is 9.47 Å². The van der Waals surface area contributed by atoms with E-state index in [1.807, 2.05) is 17.0 Å². The lowest BCUT2D eigenvalue weighted by Crippen LogP contribution is -2.47. The number of anilines is 1. The van der Waals surface area contributed by atoms with Crippen molar-refractivity contribution < 1.29 is 18.7 Å². The van der Waals surface area contributed by atoms with Crippen LogP contribution in [-0.4, -0.2) is 37.6 Å². The molecule has 4 rings (SSSR count). The quantitative estimate of drug-likeness (QED) is 0.736. The lowest BCUT2D eigenvalue weighted by Gasteiger charge is -2.42. The first kappa shape index (κ1) is 20.1. The van der Waals surface area contributed by atoms with E-state index >= 15 is 0 Å². The number of methoxy groups -OCH3 is 2. The second-order valence-corrected chi connectivity index (χ2v) is 7.89. The average molecular weight is 425 g/mol. The Bertz CT molecular complexity index is 1070. The Balaban J connectivity index is 1.66. The van der Waals surface area contributed by atoms with Crippen molar-refractivity contribution in [2.45, 2.75) is 12.3 Å². The molecule has 0 N–H and O–H groups in total. The van der Waals surface area contributed by atoms with Crippen molar-refractivity contribution in [2.24, 2.45) is 0 Å². The SMILES string of the molecule is COc1ccc(N2CSC3=C(C#N)C(c4cccc(F)c4)CC(=O)N3C2)c(OC)c1. The van der Waals surface area contributed by atoms with Crippen LogP contribution in [-0.2, 0) is 4.79 Å². The minimum Gasteiger partial charge on any atom is -0.497 e. The lowest BCUT2D eigenvalue weighted by molar-refractivity contribution is -0.129. The minimum absolute atomic E-state index is 0.0945. The van der Waals surface area contributed by atoms with Crippen molar-refractivity contribution in [1.29, 1.82) is 5.26 Å². The van der Waals surface area contributed by atoms with Crippen LogP contribution in [0, 0.1) is 17.1 Å². The first-order valence-electron chi connectivity index (χ1n) is 9.35. The first-order chi connectivity index (χ1) is 14.5. The molecule has 1 amide bonds. The Morgan fingerprint density at radius 3 is 2.73 bits per heavy atom. The summed E-state index contributed by atoms with van der Waals surface area (Å²) in [6, 6.07) is 13.9. The fraction of sp³-hybridized carbons (Fsp3) is 0.273. The number of nitrogens with zero attached hydrogens (tertiary/aromatic N) is 3. The molecule has 2 aromatic carbocycles. The molecule has 0 aromatic heterocycles. The maximum Gasteiger partial charge on any atom is 0.229 e. The molecular weight excluding hydrogens is 405 g/mol. The molecule has 1 unspecified atom stereocenters. The third-order valence-corrected chi connectivity index (χ3v) is 6.43. The lowest BCUT2D eigenvalue weighted by atomic mass is 9.86. The van der Waals surface area contributed by atoms with Crippen LogP contribution in [0.5, 0.6) is 11.5 Å². The number of hydrogen-bond donors (Lipinski definition) is 0. The van der Waals surface area contributed by atoms with E-state index in [9.17, 15) is 14.4 Å². The van der Waals surface area contributed by atoms with E-state index in [1.54, 1.807) is 37.3 Å². The van der Waals surface area contributed by atoms with Crippen LogP contribution in [0.3, 0.4) is 0 Å². The highest BCUT2D eigenvalue weighted by Crippen LogP contribution is 2.44. The highest BCUT2D eigenvalue weighted by atomic mass is 32.2. The van der Waals surface area contributed by atoms with E-state index in [0.29, 0.717) is 40.2 Å². The molecule has 0 radical (unpaired) electrons. The molecule has 1 atom stereocenters. The van der Waals surface area contributed by atoms with Gasteiger partial charge in [-0.1, -0.05) is 23.9 Å². The monoisotopic (exact) mass is 425 g/mol. The summed E-state index contributed by atoms with van der Waals surface area (Å²) in [5, 5.41) is 10.5. The number of carbonyl (C=O) groups is 1. The zero-order valence-electron chi connectivity index (χ0n) is 16.6. The predicted octanol–water partition coefficient (Wildman–Crippen LogP) is 4.06. The first-order valence-corrected chi connectivity index (χ1v) is 10.3. The number of nitriles is 1. The normalized spacial score (nSPS) is 18.7. The van der Waals surface area contributed by atoms with Gasteiger partial charge in [0.05, 0.1) is 49.1 Å². The van der Waals surface area contributed by atoms with Gasteiger partial charge in [0.1, 0.15) is 17.3 Å². The Morgan fingerprint density at radius 1 is 1.20 bits per heavy atom. The van der Waals surface area contributed by atoms with Gasteiger partial charge < -0.3 is 14.4 Å². The zero-order chi connectivity index (χ0) is 21.3. The number of rotatable bonds is 4. The van der Waals surface area contributed by atoms with E-state index in [-0.39, 0.29) is 18.1 Å². The van der Waals surface area contributed by atoms with Gasteiger partial charge in [-0.3, -0.25) is 9.69 Å². The number of thioether (sulfide) groups is 1. The standard InChI is InChI=1S/C22H20FN3O3S/c1-28-16-6-7-19(20(9-16)29-2)25-12-26-21(27)10-17(14-4-3-5-15(23)8-14)18(11-24)22(26)30-13-25/h3-9,17H,10,12-13H2,1-2H3. The summed E-state index contributed by atoms with van der Waals surface area (Å²) in [7, 11) is 3.18. The number of allylic oxidation sites excluding steroid dienone is 1. The molecule has 30 heavy (non-hydrogen) atoms. The summed E-state index contributed by atoms with van der Waals surface area (Å²) >= 11 is 1.43. The van der Waals surface area contributed by atoms with E-state index < -0.39 is 5.92 Å². The van der Waals surface area contributed by atoms with Crippen molar-refractivity contribution in [3.63, 3.8) is 0 Å². The van der Waals surface area contributed by atoms with E-state index in [1.165, 1.54) is 23.9 Å². The smallest absolute Gasteiger partial charge is 0.229 e. The minimum atomic E-state index is -0.431. The molecule has 1 fully saturated rings. The number of amides is 1. The maximum absolute atomic E-state index is 13.7. The number of fused-ring (bicyclic) bond motifs is 1. The van der Waals surface area contributed by atoms with Gasteiger partial charge in [-0.25, -0.2) is 4.39 Å². The molecule has 2 heterocycles. The van der Waals surface area contributed by atoms with Gasteiger partial charge in [0.15, 0.2) is 0 Å². The maximum atomic E-state index is 13.7. The third-order valence-electron chi connectivity index (χ3n) is 5.27. The molecule has 154 valence electrons. The second-order valence-electron chi connectivity index (χ2n) is 6.96. The van der Waals surface area contributed by atoms with Crippen molar-refractivity contribution in [1.82, 2.24) is 4.90 Å². The number of hydrogen-bond acceptors (Lipinski definition) is 6. The van der Waals surface area contributed by atoms with Crippen molar-refractivity contribution in [2.75, 3.05) is 31.7 Å². The van der Waals surface area contributed by atoms with Crippen LogP contribution < -0.4 is 14.4 Å². The van der Waals surface area contributed by atoms with Crippen LogP contribution in [0.25, 0.3) is 0 Å². The molecular formula is C22H20FN3O3S. The van der Waals surface area contributed by atoms with Crippen LogP contribution in [0.15, 0.2) is 53.1 Å². The van der Waals surface area contributed by atoms with Gasteiger partial charge in [0.2, 0.25) is 5.91 Å². The highest BCUT2D eigenvalue weighted by Gasteiger charge is 2.38. The molecule has 8 heteroatoms. The molecule has 0 aliphatic carbocycles. The largest absolute Gasteiger partial charge is 0.497 e. The number of carbonyl (C=O) groups excluding carboxylic acids is 1. The van der Waals surface area contributed by atoms with E-state index in [2.05, 4.69) is 6.07 Å². The van der Waals surface area contributed by atoms with Crippen molar-refractivity contribution in [3.05, 3.63) is 64.4 Å². The molecule has 2 aliphatic heterocycles. The van der Waals surface area contributed by atoms with Crippen molar-refractivity contribution >= 4 is 23.4 Å². The average Bonchev–Trinajstić information content (AvgIpc) is 2.78. The van der Waals surface area contributed by atoms with Crippen LogP contribution in [0.1, 0.15) is 17.9 Å². The molecule has 6 nitrogen and oxygen atoms in total. The molecule has 0 bridgehead atoms. The van der Waals surface area contributed by atoms with Crippen LogP contribution in [0.2, 0.25) is 0 Å². The fourth-order valence-corrected chi connectivity index (χ4v) is 4.93. The van der Waals surface area contributed by atoms with Crippen LogP contribution >= 0.6 is 11.8 Å². The second kappa shape index (κ2) is 8.28. The molecule has 0 spiro atoms. The molecule has 2 aromatic rings. The molecule has 1 saturated heterocycles. The number of halogens is 1. The predicted molar refractivity (Wildman–Crippen MR) is 113 cm³/mol. The third kappa shape index (κ3) is 3.57. The Hall–Kier alpha value is -3.18. The fourth-order valence-electron chi connectivity index (χ4n) is 3.77. The summed E-state index contributed by atoms with van der Waals surface area (Å²) in [6.45, 7) is 0.310.